The van der Waals surface area contributed by atoms with Crippen LogP contribution in [0.3, 0.4) is 0 Å². The van der Waals surface area contributed by atoms with Gasteiger partial charge in [-0.3, -0.25) is 0 Å². The predicted molar refractivity (Wildman–Crippen MR) is 137 cm³/mol. The van der Waals surface area contributed by atoms with Crippen LogP contribution in [0.25, 0.3) is 43.8 Å². The minimum Gasteiger partial charge on any atom is -0.0622 e. The first-order valence-electron chi connectivity index (χ1n) is 11.6. The molecule has 154 valence electrons. The summed E-state index contributed by atoms with van der Waals surface area (Å²) in [5, 5.41) is 5.65. The Morgan fingerprint density at radius 1 is 0.406 bits per heavy atom. The Morgan fingerprint density at radius 3 is 1.41 bits per heavy atom. The van der Waals surface area contributed by atoms with E-state index in [1.54, 1.807) is 0 Å². The molecule has 2 aliphatic rings. The minimum atomic E-state index is -0.0398. The Hall–Kier alpha value is -3.38. The summed E-state index contributed by atoms with van der Waals surface area (Å²) >= 11 is 0. The summed E-state index contributed by atoms with van der Waals surface area (Å²) in [4.78, 5) is 0. The first kappa shape index (κ1) is 18.2. The van der Waals surface area contributed by atoms with Crippen molar-refractivity contribution in [3.05, 3.63) is 107 Å². The van der Waals surface area contributed by atoms with Crippen LogP contribution >= 0.6 is 0 Å². The summed E-state index contributed by atoms with van der Waals surface area (Å²) in [5.74, 6) is 0. The topological polar surface area (TPSA) is 0 Å². The van der Waals surface area contributed by atoms with Gasteiger partial charge in [-0.25, -0.2) is 0 Å². The van der Waals surface area contributed by atoms with Gasteiger partial charge in [0.2, 0.25) is 0 Å². The molecule has 7 rings (SSSR count). The molecule has 0 unspecified atom stereocenters. The van der Waals surface area contributed by atoms with Gasteiger partial charge in [-0.15, -0.1) is 0 Å². The van der Waals surface area contributed by atoms with Crippen LogP contribution < -0.4 is 0 Å². The summed E-state index contributed by atoms with van der Waals surface area (Å²) in [5.41, 5.74) is 11.4. The molecule has 0 saturated carbocycles. The van der Waals surface area contributed by atoms with Crippen LogP contribution in [0.2, 0.25) is 0 Å². The maximum absolute atomic E-state index is 2.40. The largest absolute Gasteiger partial charge is 0.0622 e. The molecule has 0 saturated heterocycles. The molecular weight excluding hydrogens is 384 g/mol. The molecule has 0 bridgehead atoms. The fourth-order valence-corrected chi connectivity index (χ4v) is 6.69. The minimum absolute atomic E-state index is 0.0398. The molecule has 5 aromatic carbocycles. The summed E-state index contributed by atoms with van der Waals surface area (Å²) in [7, 11) is 0. The van der Waals surface area contributed by atoms with E-state index >= 15 is 0 Å². The van der Waals surface area contributed by atoms with Crippen LogP contribution in [0, 0.1) is 0 Å². The van der Waals surface area contributed by atoms with Gasteiger partial charge in [0.25, 0.3) is 0 Å². The summed E-state index contributed by atoms with van der Waals surface area (Å²) in [6.45, 7) is 9.61. The van der Waals surface area contributed by atoms with Gasteiger partial charge >= 0.3 is 0 Å². The van der Waals surface area contributed by atoms with E-state index in [2.05, 4.69) is 113 Å². The van der Waals surface area contributed by atoms with E-state index in [1.807, 2.05) is 0 Å². The van der Waals surface area contributed by atoms with Gasteiger partial charge in [-0.2, -0.15) is 0 Å². The van der Waals surface area contributed by atoms with Gasteiger partial charge in [0.05, 0.1) is 0 Å². The summed E-state index contributed by atoms with van der Waals surface area (Å²) in [6.07, 6.45) is 0. The molecule has 0 amide bonds. The highest BCUT2D eigenvalue weighted by Gasteiger charge is 2.42. The standard InChI is InChI=1S/C32H26/c1-31(2)22-15-8-13-20-26(19-11-6-5-7-12-19)21-14-9-16-23-28(21)30(27(20)22)29-24(31)17-10-18-25(29)32(23,3)4/h5-18H,1-4H3. The Labute approximate surface area is 189 Å². The van der Waals surface area contributed by atoms with Crippen molar-refractivity contribution in [2.75, 3.05) is 0 Å². The zero-order valence-corrected chi connectivity index (χ0v) is 19.1. The lowest BCUT2D eigenvalue weighted by Crippen LogP contribution is -2.30. The molecular formula is C32H26. The molecule has 0 heteroatoms. The molecule has 0 N–H and O–H groups in total. The van der Waals surface area contributed by atoms with Crippen LogP contribution in [0.15, 0.2) is 84.9 Å². The van der Waals surface area contributed by atoms with Crippen molar-refractivity contribution < 1.29 is 0 Å². The van der Waals surface area contributed by atoms with E-state index in [0.29, 0.717) is 0 Å². The lowest BCUT2D eigenvalue weighted by Gasteiger charge is -2.43. The fourth-order valence-electron chi connectivity index (χ4n) is 6.69. The lowest BCUT2D eigenvalue weighted by molar-refractivity contribution is 0.619. The van der Waals surface area contributed by atoms with Crippen LogP contribution in [-0.4, -0.2) is 0 Å². The van der Waals surface area contributed by atoms with E-state index in [0.717, 1.165) is 0 Å². The first-order valence-corrected chi connectivity index (χ1v) is 11.6. The predicted octanol–water partition coefficient (Wildman–Crippen LogP) is 8.61. The van der Waals surface area contributed by atoms with E-state index < -0.39 is 0 Å². The molecule has 0 atom stereocenters. The highest BCUT2D eigenvalue weighted by molar-refractivity contribution is 6.25. The second-order valence-corrected chi connectivity index (χ2v) is 10.6. The molecule has 0 aliphatic heterocycles. The van der Waals surface area contributed by atoms with Crippen LogP contribution in [-0.2, 0) is 10.8 Å². The maximum Gasteiger partial charge on any atom is 0.0159 e. The van der Waals surface area contributed by atoms with Gasteiger partial charge in [0, 0.05) is 10.8 Å². The molecule has 0 spiro atoms. The Balaban J connectivity index is 1.86. The molecule has 0 radical (unpaired) electrons. The fraction of sp³-hybridized carbons (Fsp3) is 0.188. The van der Waals surface area contributed by atoms with E-state index in [-0.39, 0.29) is 10.8 Å². The van der Waals surface area contributed by atoms with Crippen molar-refractivity contribution in [2.24, 2.45) is 0 Å². The second-order valence-electron chi connectivity index (χ2n) is 10.6. The van der Waals surface area contributed by atoms with E-state index in [9.17, 15) is 0 Å². The number of rotatable bonds is 1. The summed E-state index contributed by atoms with van der Waals surface area (Å²) < 4.78 is 0. The number of benzene rings is 5. The quantitative estimate of drug-likeness (QED) is 0.243. The number of hydrogen-bond donors (Lipinski definition) is 0. The highest BCUT2D eigenvalue weighted by Crippen LogP contribution is 2.60. The van der Waals surface area contributed by atoms with Gasteiger partial charge in [0.1, 0.15) is 0 Å². The van der Waals surface area contributed by atoms with Crippen LogP contribution in [0.4, 0.5) is 0 Å². The average Bonchev–Trinajstić information content (AvgIpc) is 2.80. The molecule has 0 heterocycles. The zero-order chi connectivity index (χ0) is 21.8. The molecule has 0 fully saturated rings. The van der Waals surface area contributed by atoms with E-state index in [1.165, 1.54) is 66.1 Å². The second kappa shape index (κ2) is 5.70. The third-order valence-corrected chi connectivity index (χ3v) is 8.24. The maximum atomic E-state index is 2.40. The molecule has 5 aromatic rings. The van der Waals surface area contributed by atoms with Gasteiger partial charge in [0.15, 0.2) is 0 Å². The smallest absolute Gasteiger partial charge is 0.0159 e. The van der Waals surface area contributed by atoms with Crippen molar-refractivity contribution >= 4 is 21.5 Å². The Morgan fingerprint density at radius 2 is 0.875 bits per heavy atom. The van der Waals surface area contributed by atoms with Gasteiger partial charge in [-0.05, 0) is 66.1 Å². The van der Waals surface area contributed by atoms with Gasteiger partial charge in [-0.1, -0.05) is 113 Å². The van der Waals surface area contributed by atoms with E-state index in [4.69, 9.17) is 0 Å². The van der Waals surface area contributed by atoms with Gasteiger partial charge < -0.3 is 0 Å². The third-order valence-electron chi connectivity index (χ3n) is 8.24. The summed E-state index contributed by atoms with van der Waals surface area (Å²) in [6, 6.07) is 31.9. The highest BCUT2D eigenvalue weighted by atomic mass is 14.4. The molecule has 2 aliphatic carbocycles. The SMILES string of the molecule is CC1(C)c2cccc3c2-c2c4c1cccc4c(-c1ccccc1)c1cccc(c21)C3(C)C. The molecule has 0 nitrogen and oxygen atoms in total. The van der Waals surface area contributed by atoms with Crippen LogP contribution in [0.1, 0.15) is 49.9 Å². The van der Waals surface area contributed by atoms with Crippen molar-refractivity contribution in [1.29, 1.82) is 0 Å². The van der Waals surface area contributed by atoms with Crippen molar-refractivity contribution in [3.8, 4) is 22.3 Å². The first-order chi connectivity index (χ1) is 15.4. The monoisotopic (exact) mass is 410 g/mol. The lowest BCUT2D eigenvalue weighted by atomic mass is 9.59. The number of hydrogen-bond acceptors (Lipinski definition) is 0. The Kier molecular flexibility index (Phi) is 3.24. The average molecular weight is 411 g/mol. The molecule has 0 aromatic heterocycles. The normalized spacial score (nSPS) is 16.6. The van der Waals surface area contributed by atoms with Crippen LogP contribution in [0.5, 0.6) is 0 Å². The van der Waals surface area contributed by atoms with Crippen molar-refractivity contribution in [1.82, 2.24) is 0 Å². The molecule has 32 heavy (non-hydrogen) atoms. The van der Waals surface area contributed by atoms with Crippen molar-refractivity contribution in [2.45, 2.75) is 38.5 Å². The Bertz CT molecular complexity index is 1500. The third kappa shape index (κ3) is 1.95. The van der Waals surface area contributed by atoms with Crippen molar-refractivity contribution in [3.63, 3.8) is 0 Å². The zero-order valence-electron chi connectivity index (χ0n) is 19.1.